The maximum atomic E-state index is 3.48. The number of thioether (sulfide) groups is 1. The van der Waals surface area contributed by atoms with E-state index >= 15 is 0 Å². The highest BCUT2D eigenvalue weighted by atomic mass is 32.2. The first-order chi connectivity index (χ1) is 6.77. The van der Waals surface area contributed by atoms with E-state index in [2.05, 4.69) is 43.4 Å². The Hall–Kier alpha value is -0.470. The Labute approximate surface area is 90.3 Å². The van der Waals surface area contributed by atoms with Crippen molar-refractivity contribution >= 4 is 11.8 Å². The first-order valence-corrected chi connectivity index (χ1v) is 6.27. The van der Waals surface area contributed by atoms with Crippen molar-refractivity contribution in [1.82, 2.24) is 5.32 Å². The van der Waals surface area contributed by atoms with E-state index in [1.54, 1.807) is 0 Å². The summed E-state index contributed by atoms with van der Waals surface area (Å²) in [6.07, 6.45) is 0. The van der Waals surface area contributed by atoms with Gasteiger partial charge in [-0.2, -0.15) is 0 Å². The zero-order chi connectivity index (χ0) is 9.97. The van der Waals surface area contributed by atoms with Crippen LogP contribution in [-0.4, -0.2) is 12.3 Å². The minimum Gasteiger partial charge on any atom is -0.301 e. The number of rotatable bonds is 2. The fourth-order valence-electron chi connectivity index (χ4n) is 1.70. The molecule has 1 aromatic carbocycles. The van der Waals surface area contributed by atoms with Crippen LogP contribution in [-0.2, 0) is 0 Å². The van der Waals surface area contributed by atoms with Crippen molar-refractivity contribution in [1.29, 1.82) is 0 Å². The molecule has 0 saturated carbocycles. The molecular formula is C12H17NS. The van der Waals surface area contributed by atoms with E-state index in [1.165, 1.54) is 16.9 Å². The Kier molecular flexibility index (Phi) is 3.14. The van der Waals surface area contributed by atoms with E-state index in [-0.39, 0.29) is 0 Å². The molecule has 0 aromatic heterocycles. The second-order valence-corrected chi connectivity index (χ2v) is 5.24. The Morgan fingerprint density at radius 3 is 2.50 bits per heavy atom. The zero-order valence-corrected chi connectivity index (χ0v) is 9.60. The van der Waals surface area contributed by atoms with Gasteiger partial charge < -0.3 is 5.32 Å². The molecule has 0 aliphatic carbocycles. The van der Waals surface area contributed by atoms with Crippen molar-refractivity contribution in [2.45, 2.75) is 25.1 Å². The molecule has 1 atom stereocenters. The lowest BCUT2D eigenvalue weighted by Crippen LogP contribution is -2.11. The van der Waals surface area contributed by atoms with Crippen LogP contribution in [0.3, 0.4) is 0 Å². The highest BCUT2D eigenvalue weighted by Gasteiger charge is 2.16. The summed E-state index contributed by atoms with van der Waals surface area (Å²) in [7, 11) is 0. The van der Waals surface area contributed by atoms with Crippen LogP contribution in [0.15, 0.2) is 24.3 Å². The van der Waals surface area contributed by atoms with Gasteiger partial charge in [-0.15, -0.1) is 11.8 Å². The normalized spacial score (nSPS) is 21.8. The third-order valence-electron chi connectivity index (χ3n) is 2.62. The topological polar surface area (TPSA) is 12.0 Å². The van der Waals surface area contributed by atoms with Gasteiger partial charge in [0.2, 0.25) is 0 Å². The second kappa shape index (κ2) is 4.37. The van der Waals surface area contributed by atoms with E-state index in [4.69, 9.17) is 0 Å². The summed E-state index contributed by atoms with van der Waals surface area (Å²) in [5.74, 6) is 1.87. The van der Waals surface area contributed by atoms with E-state index in [1.807, 2.05) is 11.8 Å². The van der Waals surface area contributed by atoms with E-state index in [0.717, 1.165) is 6.54 Å². The van der Waals surface area contributed by atoms with Gasteiger partial charge in [0, 0.05) is 12.3 Å². The standard InChI is InChI=1S/C12H17NS/c1-9(2)10-3-5-11(6-4-10)12-13-7-8-14-12/h3-6,9,12-13H,7-8H2,1-2H3/t12-/m0/s1. The van der Waals surface area contributed by atoms with Gasteiger partial charge in [0.25, 0.3) is 0 Å². The van der Waals surface area contributed by atoms with Crippen LogP contribution >= 0.6 is 11.8 Å². The van der Waals surface area contributed by atoms with Crippen LogP contribution < -0.4 is 5.32 Å². The second-order valence-electron chi connectivity index (χ2n) is 4.03. The minimum atomic E-state index is 0.524. The van der Waals surface area contributed by atoms with E-state index in [0.29, 0.717) is 11.3 Å². The Balaban J connectivity index is 2.12. The van der Waals surface area contributed by atoms with Gasteiger partial charge in [0.1, 0.15) is 0 Å². The Morgan fingerprint density at radius 1 is 1.29 bits per heavy atom. The predicted octanol–water partition coefficient (Wildman–Crippen LogP) is 3.15. The molecule has 0 amide bonds. The fraction of sp³-hybridized carbons (Fsp3) is 0.500. The van der Waals surface area contributed by atoms with Crippen LogP contribution in [0.4, 0.5) is 0 Å². The number of nitrogens with one attached hydrogen (secondary N) is 1. The SMILES string of the molecule is CC(C)c1ccc([C@H]2NCCS2)cc1. The average molecular weight is 207 g/mol. The summed E-state index contributed by atoms with van der Waals surface area (Å²) in [4.78, 5) is 0. The molecule has 1 fully saturated rings. The van der Waals surface area contributed by atoms with Gasteiger partial charge >= 0.3 is 0 Å². The van der Waals surface area contributed by atoms with Crippen molar-refractivity contribution in [3.05, 3.63) is 35.4 Å². The van der Waals surface area contributed by atoms with Crippen LogP contribution in [0, 0.1) is 0 Å². The molecule has 1 N–H and O–H groups in total. The van der Waals surface area contributed by atoms with Crippen LogP contribution in [0.1, 0.15) is 36.3 Å². The van der Waals surface area contributed by atoms with Crippen molar-refractivity contribution < 1.29 is 0 Å². The molecule has 1 saturated heterocycles. The third-order valence-corrected chi connectivity index (χ3v) is 3.83. The van der Waals surface area contributed by atoms with Gasteiger partial charge in [-0.05, 0) is 17.0 Å². The lowest BCUT2D eigenvalue weighted by Gasteiger charge is -2.11. The Morgan fingerprint density at radius 2 is 2.00 bits per heavy atom. The molecule has 14 heavy (non-hydrogen) atoms. The van der Waals surface area contributed by atoms with Crippen molar-refractivity contribution in [3.63, 3.8) is 0 Å². The lowest BCUT2D eigenvalue weighted by atomic mass is 10.0. The molecule has 2 rings (SSSR count). The molecular weight excluding hydrogens is 190 g/mol. The molecule has 1 heterocycles. The predicted molar refractivity (Wildman–Crippen MR) is 63.7 cm³/mol. The fourth-order valence-corrected chi connectivity index (χ4v) is 2.75. The van der Waals surface area contributed by atoms with Gasteiger partial charge in [0.05, 0.1) is 5.37 Å². The minimum absolute atomic E-state index is 0.524. The lowest BCUT2D eigenvalue weighted by molar-refractivity contribution is 0.749. The van der Waals surface area contributed by atoms with Gasteiger partial charge in [0.15, 0.2) is 0 Å². The average Bonchev–Trinajstić information content (AvgIpc) is 2.71. The van der Waals surface area contributed by atoms with Gasteiger partial charge in [-0.1, -0.05) is 38.1 Å². The summed E-state index contributed by atoms with van der Waals surface area (Å²) >= 11 is 2.00. The first-order valence-electron chi connectivity index (χ1n) is 5.22. The molecule has 1 aliphatic heterocycles. The molecule has 1 aliphatic rings. The van der Waals surface area contributed by atoms with Crippen LogP contribution in [0.2, 0.25) is 0 Å². The molecule has 1 nitrogen and oxygen atoms in total. The summed E-state index contributed by atoms with van der Waals surface area (Å²) in [6.45, 7) is 5.61. The summed E-state index contributed by atoms with van der Waals surface area (Å²) < 4.78 is 0. The van der Waals surface area contributed by atoms with Crippen LogP contribution in [0.25, 0.3) is 0 Å². The Bertz CT molecular complexity index is 286. The number of benzene rings is 1. The molecule has 0 unspecified atom stereocenters. The summed E-state index contributed by atoms with van der Waals surface area (Å²) in [5.41, 5.74) is 2.84. The first kappa shape index (κ1) is 10.1. The zero-order valence-electron chi connectivity index (χ0n) is 8.79. The van der Waals surface area contributed by atoms with Crippen molar-refractivity contribution in [2.75, 3.05) is 12.3 Å². The van der Waals surface area contributed by atoms with Crippen molar-refractivity contribution in [3.8, 4) is 0 Å². The van der Waals surface area contributed by atoms with Gasteiger partial charge in [-0.25, -0.2) is 0 Å². The van der Waals surface area contributed by atoms with Crippen LogP contribution in [0.5, 0.6) is 0 Å². The quantitative estimate of drug-likeness (QED) is 0.799. The number of hydrogen-bond acceptors (Lipinski definition) is 2. The molecule has 2 heteroatoms. The number of hydrogen-bond donors (Lipinski definition) is 1. The highest BCUT2D eigenvalue weighted by Crippen LogP contribution is 2.30. The third kappa shape index (κ3) is 2.12. The largest absolute Gasteiger partial charge is 0.301 e. The monoisotopic (exact) mass is 207 g/mol. The van der Waals surface area contributed by atoms with Crippen molar-refractivity contribution in [2.24, 2.45) is 0 Å². The summed E-state index contributed by atoms with van der Waals surface area (Å²) in [6, 6.07) is 9.01. The molecule has 1 aromatic rings. The molecule has 0 spiro atoms. The van der Waals surface area contributed by atoms with E-state index < -0.39 is 0 Å². The maximum absolute atomic E-state index is 3.48. The molecule has 76 valence electrons. The maximum Gasteiger partial charge on any atom is 0.0790 e. The molecule has 0 radical (unpaired) electrons. The smallest absolute Gasteiger partial charge is 0.0790 e. The summed E-state index contributed by atoms with van der Waals surface area (Å²) in [5, 5.41) is 4.01. The van der Waals surface area contributed by atoms with Gasteiger partial charge in [-0.3, -0.25) is 0 Å². The van der Waals surface area contributed by atoms with E-state index in [9.17, 15) is 0 Å². The highest BCUT2D eigenvalue weighted by molar-refractivity contribution is 7.99. The molecule has 0 bridgehead atoms.